The number of halogens is 2. The van der Waals surface area contributed by atoms with E-state index in [1.165, 1.54) is 0 Å². The van der Waals surface area contributed by atoms with Crippen LogP contribution in [0.2, 0.25) is 10.0 Å². The fourth-order valence-corrected chi connectivity index (χ4v) is 3.02. The lowest BCUT2D eigenvalue weighted by Crippen LogP contribution is -2.42. The molecular formula is C22H22Cl2NO4+. The van der Waals surface area contributed by atoms with E-state index in [4.69, 9.17) is 33.0 Å². The SMILES string of the molecule is CC#CC(CC(=O)[OH2+])c1ccc(NC(=O)C(C)(C)Oc2ccc(Cl)cc2Cl)cc1. The Labute approximate surface area is 180 Å². The van der Waals surface area contributed by atoms with Gasteiger partial charge in [-0.1, -0.05) is 41.3 Å². The van der Waals surface area contributed by atoms with Crippen LogP contribution in [0.3, 0.4) is 0 Å². The molecule has 0 saturated carbocycles. The Morgan fingerprint density at radius 3 is 2.38 bits per heavy atom. The third-order valence-corrected chi connectivity index (χ3v) is 4.62. The summed E-state index contributed by atoms with van der Waals surface area (Å²) in [5, 5.41) is 10.8. The molecule has 0 aliphatic rings. The first-order valence-electron chi connectivity index (χ1n) is 8.84. The van der Waals surface area contributed by atoms with Gasteiger partial charge in [0, 0.05) is 15.5 Å². The van der Waals surface area contributed by atoms with Crippen molar-refractivity contribution in [1.82, 2.24) is 0 Å². The Hall–Kier alpha value is -2.68. The van der Waals surface area contributed by atoms with Crippen molar-refractivity contribution in [2.24, 2.45) is 0 Å². The molecule has 2 aromatic carbocycles. The second-order valence-electron chi connectivity index (χ2n) is 6.84. The number of ether oxygens (including phenoxy) is 1. The molecule has 0 aliphatic carbocycles. The van der Waals surface area contributed by atoms with Gasteiger partial charge in [-0.3, -0.25) is 4.79 Å². The predicted molar refractivity (Wildman–Crippen MR) is 116 cm³/mol. The van der Waals surface area contributed by atoms with E-state index in [0.717, 1.165) is 5.56 Å². The molecule has 152 valence electrons. The van der Waals surface area contributed by atoms with Crippen molar-refractivity contribution in [2.75, 3.05) is 5.32 Å². The maximum atomic E-state index is 12.7. The first kappa shape index (κ1) is 22.6. The molecule has 0 aliphatic heterocycles. The molecule has 0 radical (unpaired) electrons. The first-order chi connectivity index (χ1) is 13.6. The zero-order chi connectivity index (χ0) is 21.6. The van der Waals surface area contributed by atoms with Crippen molar-refractivity contribution in [3.05, 3.63) is 58.1 Å². The van der Waals surface area contributed by atoms with Crippen molar-refractivity contribution < 1.29 is 19.4 Å². The molecule has 1 atom stereocenters. The Morgan fingerprint density at radius 2 is 1.83 bits per heavy atom. The normalized spacial score (nSPS) is 11.8. The lowest BCUT2D eigenvalue weighted by atomic mass is 9.96. The lowest BCUT2D eigenvalue weighted by Gasteiger charge is -2.26. The van der Waals surface area contributed by atoms with E-state index in [1.807, 2.05) is 0 Å². The van der Waals surface area contributed by atoms with Crippen LogP contribution >= 0.6 is 23.2 Å². The number of hydrogen-bond acceptors (Lipinski definition) is 3. The topological polar surface area (TPSA) is 78.3 Å². The fourth-order valence-electron chi connectivity index (χ4n) is 2.57. The highest BCUT2D eigenvalue weighted by Crippen LogP contribution is 2.31. The maximum Gasteiger partial charge on any atom is 0.517 e. The second kappa shape index (κ2) is 9.69. The second-order valence-corrected chi connectivity index (χ2v) is 7.68. The van der Waals surface area contributed by atoms with Gasteiger partial charge in [-0.15, -0.1) is 5.92 Å². The van der Waals surface area contributed by atoms with E-state index in [0.29, 0.717) is 21.5 Å². The van der Waals surface area contributed by atoms with Gasteiger partial charge in [0.15, 0.2) is 5.60 Å². The molecule has 5 nitrogen and oxygen atoms in total. The molecule has 0 fully saturated rings. The number of amides is 1. The Bertz CT molecular complexity index is 959. The largest absolute Gasteiger partial charge is 0.565 e. The van der Waals surface area contributed by atoms with Crippen LogP contribution in [-0.2, 0) is 9.59 Å². The monoisotopic (exact) mass is 434 g/mol. The number of rotatable bonds is 7. The van der Waals surface area contributed by atoms with Gasteiger partial charge in [0.1, 0.15) is 12.2 Å². The zero-order valence-corrected chi connectivity index (χ0v) is 17.8. The average molecular weight is 435 g/mol. The molecule has 0 bridgehead atoms. The van der Waals surface area contributed by atoms with Crippen LogP contribution < -0.4 is 10.1 Å². The molecule has 0 saturated heterocycles. The van der Waals surface area contributed by atoms with Gasteiger partial charge < -0.3 is 15.2 Å². The molecule has 2 rings (SSSR count). The molecule has 3 N–H and O–H groups in total. The standard InChI is InChI=1S/C22H21Cl2NO4/c1-4-5-15(12-20(26)27)14-6-9-17(10-7-14)25-21(28)22(2,3)29-19-11-8-16(23)13-18(19)24/h6-11,13,15H,12H2,1-3H3,(H,25,28)(H,26,27)/p+1. The summed E-state index contributed by atoms with van der Waals surface area (Å²) in [7, 11) is 0. The van der Waals surface area contributed by atoms with Gasteiger partial charge in [0.2, 0.25) is 0 Å². The summed E-state index contributed by atoms with van der Waals surface area (Å²) in [5.74, 6) is 4.69. The zero-order valence-electron chi connectivity index (χ0n) is 16.3. The number of carbonyl (C=O) groups is 2. The maximum absolute atomic E-state index is 12.7. The Balaban J connectivity index is 2.10. The van der Waals surface area contributed by atoms with E-state index in [-0.39, 0.29) is 18.2 Å². The molecule has 0 heterocycles. The van der Waals surface area contributed by atoms with E-state index in [9.17, 15) is 9.59 Å². The molecule has 29 heavy (non-hydrogen) atoms. The van der Waals surface area contributed by atoms with Gasteiger partial charge in [0.25, 0.3) is 5.91 Å². The van der Waals surface area contributed by atoms with Gasteiger partial charge in [-0.2, -0.15) is 0 Å². The summed E-state index contributed by atoms with van der Waals surface area (Å²) in [6.45, 7) is 4.95. The van der Waals surface area contributed by atoms with Gasteiger partial charge in [-0.05, 0) is 56.7 Å². The molecular weight excluding hydrogens is 413 g/mol. The van der Waals surface area contributed by atoms with Crippen LogP contribution in [0.5, 0.6) is 5.75 Å². The summed E-state index contributed by atoms with van der Waals surface area (Å²) >= 11 is 12.0. The number of nitrogens with one attached hydrogen (secondary N) is 1. The van der Waals surface area contributed by atoms with Crippen molar-refractivity contribution in [3.63, 3.8) is 0 Å². The summed E-state index contributed by atoms with van der Waals surface area (Å²) < 4.78 is 5.78. The molecule has 0 spiro atoms. The van der Waals surface area contributed by atoms with E-state index >= 15 is 0 Å². The third kappa shape index (κ3) is 6.42. The van der Waals surface area contributed by atoms with Crippen LogP contribution in [0.15, 0.2) is 42.5 Å². The number of carbonyl (C=O) groups excluding carboxylic acids is 2. The minimum atomic E-state index is -1.19. The van der Waals surface area contributed by atoms with E-state index in [2.05, 4.69) is 17.2 Å². The quantitative estimate of drug-likeness (QED) is 0.513. The third-order valence-electron chi connectivity index (χ3n) is 4.08. The van der Waals surface area contributed by atoms with E-state index in [1.54, 1.807) is 63.2 Å². The van der Waals surface area contributed by atoms with Crippen LogP contribution in [0.1, 0.15) is 38.7 Å². The number of benzene rings is 2. The molecule has 0 aromatic heterocycles. The predicted octanol–water partition coefficient (Wildman–Crippen LogP) is 4.54. The van der Waals surface area contributed by atoms with Crippen molar-refractivity contribution >= 4 is 40.8 Å². The summed E-state index contributed by atoms with van der Waals surface area (Å²) in [4.78, 5) is 23.8. The minimum Gasteiger partial charge on any atom is -0.565 e. The van der Waals surface area contributed by atoms with E-state index < -0.39 is 11.6 Å². The fraction of sp³-hybridized carbons (Fsp3) is 0.273. The van der Waals surface area contributed by atoms with Gasteiger partial charge >= 0.3 is 5.97 Å². The average Bonchev–Trinajstić information content (AvgIpc) is 2.64. The number of hydrogen-bond donors (Lipinski definition) is 1. The van der Waals surface area contributed by atoms with Crippen LogP contribution in [-0.4, -0.2) is 22.6 Å². The van der Waals surface area contributed by atoms with Crippen molar-refractivity contribution in [1.29, 1.82) is 0 Å². The smallest absolute Gasteiger partial charge is 0.517 e. The van der Waals surface area contributed by atoms with Crippen molar-refractivity contribution in [3.8, 4) is 17.6 Å². The molecule has 1 unspecified atom stereocenters. The lowest BCUT2D eigenvalue weighted by molar-refractivity contribution is -0.137. The molecule has 2 aromatic rings. The van der Waals surface area contributed by atoms with Crippen LogP contribution in [0, 0.1) is 11.8 Å². The van der Waals surface area contributed by atoms with Crippen LogP contribution in [0.4, 0.5) is 5.69 Å². The first-order valence-corrected chi connectivity index (χ1v) is 9.60. The molecule has 7 heteroatoms. The summed E-state index contributed by atoms with van der Waals surface area (Å²) in [6, 6.07) is 11.8. The summed E-state index contributed by atoms with van der Waals surface area (Å²) in [5.41, 5.74) is 0.184. The van der Waals surface area contributed by atoms with Gasteiger partial charge in [-0.25, -0.2) is 0 Å². The minimum absolute atomic E-state index is 0.0231. The Kier molecular flexibility index (Phi) is 7.55. The highest BCUT2D eigenvalue weighted by Gasteiger charge is 2.31. The highest BCUT2D eigenvalue weighted by molar-refractivity contribution is 6.35. The Morgan fingerprint density at radius 1 is 1.17 bits per heavy atom. The number of anilines is 1. The van der Waals surface area contributed by atoms with Gasteiger partial charge in [0.05, 0.1) is 10.9 Å². The van der Waals surface area contributed by atoms with Crippen LogP contribution in [0.25, 0.3) is 0 Å². The summed E-state index contributed by atoms with van der Waals surface area (Å²) in [6.07, 6.45) is 0.0231. The molecule has 1 amide bonds. The highest BCUT2D eigenvalue weighted by atomic mass is 35.5. The van der Waals surface area contributed by atoms with Crippen molar-refractivity contribution in [2.45, 2.75) is 38.7 Å².